The van der Waals surface area contributed by atoms with E-state index in [2.05, 4.69) is 24.1 Å². The van der Waals surface area contributed by atoms with Crippen LogP contribution in [0.25, 0.3) is 0 Å². The van der Waals surface area contributed by atoms with Crippen molar-refractivity contribution >= 4 is 27.5 Å². The summed E-state index contributed by atoms with van der Waals surface area (Å²) >= 11 is 6.16. The first-order valence-electron chi connectivity index (χ1n) is 10.4. The van der Waals surface area contributed by atoms with Crippen molar-refractivity contribution in [3.63, 3.8) is 0 Å². The monoisotopic (exact) mass is 443 g/mol. The van der Waals surface area contributed by atoms with E-state index < -0.39 is 10.0 Å². The number of amides is 1. The van der Waals surface area contributed by atoms with Crippen molar-refractivity contribution in [2.75, 3.05) is 32.7 Å². The molecule has 3 atom stereocenters. The fraction of sp³-hybridized carbons (Fsp3) is 0.667. The number of sulfonamides is 1. The zero-order valence-electron chi connectivity index (χ0n) is 18.1. The lowest BCUT2D eigenvalue weighted by molar-refractivity contribution is 0.0904. The van der Waals surface area contributed by atoms with E-state index in [0.29, 0.717) is 30.5 Å². The number of carbonyl (C=O) groups is 1. The van der Waals surface area contributed by atoms with Crippen LogP contribution >= 0.6 is 11.6 Å². The zero-order chi connectivity index (χ0) is 21.8. The number of hydrogen-bond acceptors (Lipinski definition) is 4. The second-order valence-corrected chi connectivity index (χ2v) is 10.6. The molecule has 1 fully saturated rings. The summed E-state index contributed by atoms with van der Waals surface area (Å²) in [6.45, 7) is 13.6. The number of rotatable bonds is 8. The first-order chi connectivity index (χ1) is 13.6. The first kappa shape index (κ1) is 24.1. The summed E-state index contributed by atoms with van der Waals surface area (Å²) in [7, 11) is -3.74. The average molecular weight is 444 g/mol. The predicted octanol–water partition coefficient (Wildman–Crippen LogP) is 3.47. The van der Waals surface area contributed by atoms with Gasteiger partial charge in [0.25, 0.3) is 5.91 Å². The maximum atomic E-state index is 12.8. The number of likely N-dealkylation sites (tertiary alicyclic amines) is 1. The largest absolute Gasteiger partial charge is 0.348 e. The molecule has 1 saturated heterocycles. The second kappa shape index (κ2) is 10.2. The van der Waals surface area contributed by atoms with Crippen molar-refractivity contribution in [1.82, 2.24) is 14.5 Å². The van der Waals surface area contributed by atoms with Gasteiger partial charge in [0.1, 0.15) is 4.90 Å². The van der Waals surface area contributed by atoms with Crippen LogP contribution in [-0.2, 0) is 10.0 Å². The Morgan fingerprint density at radius 2 is 1.83 bits per heavy atom. The molecule has 1 amide bonds. The number of halogens is 1. The van der Waals surface area contributed by atoms with Gasteiger partial charge in [0.2, 0.25) is 10.0 Å². The van der Waals surface area contributed by atoms with Gasteiger partial charge in [-0.1, -0.05) is 39.3 Å². The molecule has 6 nitrogen and oxygen atoms in total. The van der Waals surface area contributed by atoms with Crippen LogP contribution in [0.15, 0.2) is 23.1 Å². The van der Waals surface area contributed by atoms with Crippen LogP contribution in [0.2, 0.25) is 5.02 Å². The molecule has 3 unspecified atom stereocenters. The van der Waals surface area contributed by atoms with Gasteiger partial charge in [0.05, 0.1) is 5.02 Å². The highest BCUT2D eigenvalue weighted by atomic mass is 35.5. The Hall–Kier alpha value is -1.15. The van der Waals surface area contributed by atoms with E-state index in [1.54, 1.807) is 19.9 Å². The van der Waals surface area contributed by atoms with E-state index in [-0.39, 0.29) is 21.9 Å². The minimum atomic E-state index is -3.74. The van der Waals surface area contributed by atoms with Crippen molar-refractivity contribution in [1.29, 1.82) is 0 Å². The van der Waals surface area contributed by atoms with Crippen LogP contribution in [0.5, 0.6) is 0 Å². The van der Waals surface area contributed by atoms with Crippen molar-refractivity contribution in [2.24, 2.45) is 11.8 Å². The Labute approximate surface area is 180 Å². The van der Waals surface area contributed by atoms with Crippen molar-refractivity contribution in [3.05, 3.63) is 28.8 Å². The lowest BCUT2D eigenvalue weighted by Crippen LogP contribution is -2.47. The van der Waals surface area contributed by atoms with E-state index in [1.807, 2.05) is 6.92 Å². The van der Waals surface area contributed by atoms with Crippen molar-refractivity contribution in [2.45, 2.75) is 52.0 Å². The number of carbonyl (C=O) groups excluding carboxylic acids is 1. The molecule has 1 aliphatic rings. The number of piperidine rings is 1. The number of hydrogen-bond donors (Lipinski definition) is 1. The van der Waals surface area contributed by atoms with Gasteiger partial charge < -0.3 is 10.2 Å². The molecule has 29 heavy (non-hydrogen) atoms. The molecule has 0 spiro atoms. The first-order valence-corrected chi connectivity index (χ1v) is 12.2. The van der Waals surface area contributed by atoms with Crippen LogP contribution < -0.4 is 5.32 Å². The lowest BCUT2D eigenvalue weighted by Gasteiger charge is -2.36. The molecule has 1 aliphatic heterocycles. The predicted molar refractivity (Wildman–Crippen MR) is 118 cm³/mol. The van der Waals surface area contributed by atoms with E-state index in [9.17, 15) is 13.2 Å². The van der Waals surface area contributed by atoms with Crippen LogP contribution in [0, 0.1) is 11.8 Å². The Morgan fingerprint density at radius 3 is 2.38 bits per heavy atom. The molecule has 1 N–H and O–H groups in total. The molecule has 0 aliphatic carbocycles. The number of benzene rings is 1. The Balaban J connectivity index is 2.11. The molecule has 164 valence electrons. The van der Waals surface area contributed by atoms with E-state index in [0.717, 1.165) is 19.6 Å². The van der Waals surface area contributed by atoms with E-state index in [4.69, 9.17) is 11.6 Å². The van der Waals surface area contributed by atoms with E-state index >= 15 is 0 Å². The van der Waals surface area contributed by atoms with Crippen LogP contribution in [0.4, 0.5) is 0 Å². The van der Waals surface area contributed by atoms with Gasteiger partial charge in [-0.05, 0) is 43.4 Å². The maximum absolute atomic E-state index is 12.8. The summed E-state index contributed by atoms with van der Waals surface area (Å²) in [4.78, 5) is 15.1. The highest BCUT2D eigenvalue weighted by Gasteiger charge is 2.26. The van der Waals surface area contributed by atoms with Crippen LogP contribution in [0.3, 0.4) is 0 Å². The summed E-state index contributed by atoms with van der Waals surface area (Å²) in [5.74, 6) is 1.03. The Morgan fingerprint density at radius 1 is 1.24 bits per heavy atom. The van der Waals surface area contributed by atoms with Gasteiger partial charge in [0.15, 0.2) is 0 Å². The molecular weight excluding hydrogens is 410 g/mol. The molecule has 0 aromatic heterocycles. The molecule has 8 heteroatoms. The zero-order valence-corrected chi connectivity index (χ0v) is 19.7. The summed E-state index contributed by atoms with van der Waals surface area (Å²) in [6.07, 6.45) is 1.24. The van der Waals surface area contributed by atoms with Gasteiger partial charge in [-0.15, -0.1) is 0 Å². The van der Waals surface area contributed by atoms with Gasteiger partial charge in [-0.25, -0.2) is 8.42 Å². The summed E-state index contributed by atoms with van der Waals surface area (Å²) in [6, 6.07) is 4.38. The molecule has 1 heterocycles. The topological polar surface area (TPSA) is 69.7 Å². The van der Waals surface area contributed by atoms with Gasteiger partial charge in [-0.2, -0.15) is 4.31 Å². The lowest BCUT2D eigenvalue weighted by atomic mass is 9.92. The third kappa shape index (κ3) is 6.17. The number of nitrogens with zero attached hydrogens (tertiary/aromatic N) is 2. The smallest absolute Gasteiger partial charge is 0.251 e. The van der Waals surface area contributed by atoms with Crippen LogP contribution in [0.1, 0.15) is 51.4 Å². The fourth-order valence-electron chi connectivity index (χ4n) is 4.23. The minimum Gasteiger partial charge on any atom is -0.348 e. The SMILES string of the molecule is CCN(CC)S(=O)(=O)c1cc(C(=O)NC(C)CN2CC(C)CC(C)C2)ccc1Cl. The Kier molecular flexibility index (Phi) is 8.52. The molecule has 1 aromatic carbocycles. The highest BCUT2D eigenvalue weighted by molar-refractivity contribution is 7.89. The van der Waals surface area contributed by atoms with Crippen molar-refractivity contribution in [3.8, 4) is 0 Å². The Bertz CT molecular complexity index is 801. The molecule has 0 radical (unpaired) electrons. The van der Waals surface area contributed by atoms with Gasteiger partial charge >= 0.3 is 0 Å². The second-order valence-electron chi connectivity index (χ2n) is 8.27. The number of nitrogens with one attached hydrogen (secondary N) is 1. The molecular formula is C21H34ClN3O3S. The molecule has 2 rings (SSSR count). The quantitative estimate of drug-likeness (QED) is 0.667. The van der Waals surface area contributed by atoms with Gasteiger partial charge in [-0.3, -0.25) is 4.79 Å². The third-order valence-electron chi connectivity index (χ3n) is 5.37. The standard InChI is InChI=1S/C21H34ClN3O3S/c1-6-25(7-2)29(27,28)20-11-18(8-9-19(20)22)21(26)23-17(5)14-24-12-15(3)10-16(4)13-24/h8-9,11,15-17H,6-7,10,12-14H2,1-5H3,(H,23,26). The summed E-state index contributed by atoms with van der Waals surface area (Å²) < 4.78 is 27.0. The van der Waals surface area contributed by atoms with Crippen molar-refractivity contribution < 1.29 is 13.2 Å². The maximum Gasteiger partial charge on any atom is 0.251 e. The molecule has 1 aromatic rings. The normalized spacial score (nSPS) is 21.9. The van der Waals surface area contributed by atoms with Crippen LogP contribution in [-0.4, -0.2) is 62.3 Å². The average Bonchev–Trinajstić information content (AvgIpc) is 2.61. The fourth-order valence-corrected chi connectivity index (χ4v) is 6.18. The van der Waals surface area contributed by atoms with E-state index in [1.165, 1.54) is 22.9 Å². The highest BCUT2D eigenvalue weighted by Crippen LogP contribution is 2.26. The summed E-state index contributed by atoms with van der Waals surface area (Å²) in [5.41, 5.74) is 0.298. The minimum absolute atomic E-state index is 0.0261. The molecule has 0 bridgehead atoms. The van der Waals surface area contributed by atoms with Gasteiger partial charge in [0, 0.05) is 44.3 Å². The molecule has 0 saturated carbocycles. The third-order valence-corrected chi connectivity index (χ3v) is 7.90. The summed E-state index contributed by atoms with van der Waals surface area (Å²) in [5, 5.41) is 3.12.